The van der Waals surface area contributed by atoms with Gasteiger partial charge in [0.2, 0.25) is 0 Å². The van der Waals surface area contributed by atoms with Gasteiger partial charge in [-0.25, -0.2) is 4.98 Å². The van der Waals surface area contributed by atoms with Gasteiger partial charge in [-0.3, -0.25) is 0 Å². The number of benzene rings is 1. The van der Waals surface area contributed by atoms with Gasteiger partial charge in [0, 0.05) is 42.5 Å². The predicted molar refractivity (Wildman–Crippen MR) is 102 cm³/mol. The molecule has 1 fully saturated rings. The molecule has 0 saturated carbocycles. The van der Waals surface area contributed by atoms with Crippen LogP contribution in [-0.4, -0.2) is 31.2 Å². The second kappa shape index (κ2) is 9.11. The largest absolute Gasteiger partial charge is 0.496 e. The molecule has 2 aromatic rings. The molecule has 1 aliphatic rings. The lowest BCUT2D eigenvalue weighted by Gasteiger charge is -2.33. The number of halogens is 2. The number of anilines is 1. The summed E-state index contributed by atoms with van der Waals surface area (Å²) in [7, 11) is 1.69. The number of pyridine rings is 1. The minimum absolute atomic E-state index is 0. The van der Waals surface area contributed by atoms with Gasteiger partial charge in [0.1, 0.15) is 11.6 Å². The zero-order valence-electron chi connectivity index (χ0n) is 13.7. The fourth-order valence-corrected chi connectivity index (χ4v) is 3.19. The summed E-state index contributed by atoms with van der Waals surface area (Å²) in [5, 5.41) is 4.37. The average molecular weight is 368 g/mol. The number of hydrogen-bond donors (Lipinski definition) is 1. The average Bonchev–Trinajstić information content (AvgIpc) is 2.61. The third-order valence-corrected chi connectivity index (χ3v) is 4.53. The standard InChI is InChI=1S/C18H22ClN3O.ClH/c1-23-17-6-5-15(19)12-14(17)13-21-16-7-10-22(11-8-16)18-4-2-3-9-20-18;/h2-6,9,12,16,21H,7-8,10-11,13H2,1H3;1H. The fraction of sp³-hybridized carbons (Fsp3) is 0.389. The van der Waals surface area contributed by atoms with Gasteiger partial charge in [-0.05, 0) is 43.2 Å². The molecule has 4 nitrogen and oxygen atoms in total. The minimum atomic E-state index is 0. The molecule has 130 valence electrons. The van der Waals surface area contributed by atoms with E-state index in [1.807, 2.05) is 36.5 Å². The first-order chi connectivity index (χ1) is 11.3. The van der Waals surface area contributed by atoms with Crippen LogP contribution in [0.25, 0.3) is 0 Å². The number of nitrogens with zero attached hydrogens (tertiary/aromatic N) is 2. The van der Waals surface area contributed by atoms with Crippen molar-refractivity contribution in [2.45, 2.75) is 25.4 Å². The van der Waals surface area contributed by atoms with E-state index in [0.717, 1.165) is 54.6 Å². The van der Waals surface area contributed by atoms with Crippen LogP contribution in [0.2, 0.25) is 5.02 Å². The molecule has 1 aromatic heterocycles. The van der Waals surface area contributed by atoms with Crippen molar-refractivity contribution in [1.29, 1.82) is 0 Å². The Morgan fingerprint density at radius 2 is 2.04 bits per heavy atom. The Balaban J connectivity index is 0.00000208. The van der Waals surface area contributed by atoms with Gasteiger partial charge in [-0.2, -0.15) is 0 Å². The third-order valence-electron chi connectivity index (χ3n) is 4.29. The van der Waals surface area contributed by atoms with Crippen LogP contribution in [0.3, 0.4) is 0 Å². The normalized spacial score (nSPS) is 15.0. The van der Waals surface area contributed by atoms with E-state index in [2.05, 4.69) is 21.3 Å². The summed E-state index contributed by atoms with van der Waals surface area (Å²) in [5.74, 6) is 1.95. The Kier molecular flexibility index (Phi) is 7.16. The van der Waals surface area contributed by atoms with Crippen molar-refractivity contribution in [2.24, 2.45) is 0 Å². The van der Waals surface area contributed by atoms with Gasteiger partial charge in [0.15, 0.2) is 0 Å². The molecule has 0 unspecified atom stereocenters. The van der Waals surface area contributed by atoms with Crippen molar-refractivity contribution in [3.8, 4) is 5.75 Å². The van der Waals surface area contributed by atoms with Crippen LogP contribution >= 0.6 is 24.0 Å². The van der Waals surface area contributed by atoms with Crippen LogP contribution in [0, 0.1) is 0 Å². The van der Waals surface area contributed by atoms with E-state index < -0.39 is 0 Å². The summed E-state index contributed by atoms with van der Waals surface area (Å²) >= 11 is 6.09. The van der Waals surface area contributed by atoms with Crippen LogP contribution in [0.5, 0.6) is 5.75 Å². The number of ether oxygens (including phenoxy) is 1. The third kappa shape index (κ3) is 4.76. The maximum atomic E-state index is 6.09. The Bertz CT molecular complexity index is 631. The Morgan fingerprint density at radius 1 is 1.25 bits per heavy atom. The fourth-order valence-electron chi connectivity index (χ4n) is 2.99. The number of piperidine rings is 1. The van der Waals surface area contributed by atoms with E-state index >= 15 is 0 Å². The van der Waals surface area contributed by atoms with E-state index in [-0.39, 0.29) is 12.4 Å². The zero-order chi connectivity index (χ0) is 16.1. The van der Waals surface area contributed by atoms with Gasteiger partial charge < -0.3 is 15.0 Å². The molecule has 0 amide bonds. The van der Waals surface area contributed by atoms with E-state index in [9.17, 15) is 0 Å². The molecule has 0 radical (unpaired) electrons. The Morgan fingerprint density at radius 3 is 2.71 bits per heavy atom. The number of nitrogens with one attached hydrogen (secondary N) is 1. The first-order valence-electron chi connectivity index (χ1n) is 7.98. The highest BCUT2D eigenvalue weighted by Crippen LogP contribution is 2.23. The molecule has 24 heavy (non-hydrogen) atoms. The summed E-state index contributed by atoms with van der Waals surface area (Å²) in [6, 6.07) is 12.3. The highest BCUT2D eigenvalue weighted by Gasteiger charge is 2.19. The summed E-state index contributed by atoms with van der Waals surface area (Å²) < 4.78 is 5.40. The van der Waals surface area contributed by atoms with Crippen molar-refractivity contribution in [1.82, 2.24) is 10.3 Å². The smallest absolute Gasteiger partial charge is 0.128 e. The number of hydrogen-bond acceptors (Lipinski definition) is 4. The molecular formula is C18H23Cl2N3O. The lowest BCUT2D eigenvalue weighted by atomic mass is 10.0. The van der Waals surface area contributed by atoms with Crippen molar-refractivity contribution in [3.63, 3.8) is 0 Å². The summed E-state index contributed by atoms with van der Waals surface area (Å²) in [6.45, 7) is 2.83. The molecule has 0 atom stereocenters. The molecule has 0 spiro atoms. The van der Waals surface area contributed by atoms with Gasteiger partial charge in [0.05, 0.1) is 7.11 Å². The van der Waals surface area contributed by atoms with Crippen LogP contribution in [0.1, 0.15) is 18.4 Å². The van der Waals surface area contributed by atoms with E-state index in [0.29, 0.717) is 6.04 Å². The second-order valence-electron chi connectivity index (χ2n) is 5.79. The molecule has 6 heteroatoms. The second-order valence-corrected chi connectivity index (χ2v) is 6.22. The molecule has 1 aromatic carbocycles. The summed E-state index contributed by atoms with van der Waals surface area (Å²) in [5.41, 5.74) is 1.10. The number of methoxy groups -OCH3 is 1. The first-order valence-corrected chi connectivity index (χ1v) is 8.36. The lowest BCUT2D eigenvalue weighted by molar-refractivity contribution is 0.391. The minimum Gasteiger partial charge on any atom is -0.496 e. The van der Waals surface area contributed by atoms with Crippen molar-refractivity contribution in [3.05, 3.63) is 53.2 Å². The van der Waals surface area contributed by atoms with Gasteiger partial charge >= 0.3 is 0 Å². The molecule has 0 bridgehead atoms. The maximum absolute atomic E-state index is 6.09. The maximum Gasteiger partial charge on any atom is 0.128 e. The monoisotopic (exact) mass is 367 g/mol. The Labute approximate surface area is 154 Å². The SMILES string of the molecule is COc1ccc(Cl)cc1CNC1CCN(c2ccccn2)CC1.Cl. The molecule has 3 rings (SSSR count). The van der Waals surface area contributed by atoms with Crippen LogP contribution in [-0.2, 0) is 6.54 Å². The Hall–Kier alpha value is -1.49. The number of aromatic nitrogens is 1. The van der Waals surface area contributed by atoms with E-state index in [1.54, 1.807) is 7.11 Å². The van der Waals surface area contributed by atoms with Crippen molar-refractivity contribution < 1.29 is 4.74 Å². The topological polar surface area (TPSA) is 37.4 Å². The van der Waals surface area contributed by atoms with Gasteiger partial charge in [0.25, 0.3) is 0 Å². The van der Waals surface area contributed by atoms with Crippen LogP contribution in [0.4, 0.5) is 5.82 Å². The quantitative estimate of drug-likeness (QED) is 0.868. The molecule has 1 aliphatic heterocycles. The van der Waals surface area contributed by atoms with E-state index in [1.165, 1.54) is 0 Å². The number of rotatable bonds is 5. The van der Waals surface area contributed by atoms with Gasteiger partial charge in [-0.15, -0.1) is 12.4 Å². The van der Waals surface area contributed by atoms with Crippen molar-refractivity contribution >= 4 is 29.8 Å². The lowest BCUT2D eigenvalue weighted by Crippen LogP contribution is -2.42. The molecular weight excluding hydrogens is 345 g/mol. The van der Waals surface area contributed by atoms with Crippen LogP contribution in [0.15, 0.2) is 42.6 Å². The molecule has 2 heterocycles. The van der Waals surface area contributed by atoms with E-state index in [4.69, 9.17) is 16.3 Å². The van der Waals surface area contributed by atoms with Gasteiger partial charge in [-0.1, -0.05) is 17.7 Å². The summed E-state index contributed by atoms with van der Waals surface area (Å²) in [4.78, 5) is 6.77. The first kappa shape index (κ1) is 18.8. The highest BCUT2D eigenvalue weighted by atomic mass is 35.5. The molecule has 0 aliphatic carbocycles. The van der Waals surface area contributed by atoms with Crippen LogP contribution < -0.4 is 15.0 Å². The molecule has 1 N–H and O–H groups in total. The zero-order valence-corrected chi connectivity index (χ0v) is 15.3. The highest BCUT2D eigenvalue weighted by molar-refractivity contribution is 6.30. The summed E-state index contributed by atoms with van der Waals surface area (Å²) in [6.07, 6.45) is 4.07. The predicted octanol–water partition coefficient (Wildman–Crippen LogP) is 3.92. The molecule has 1 saturated heterocycles. The van der Waals surface area contributed by atoms with Crippen molar-refractivity contribution in [2.75, 3.05) is 25.1 Å².